The molecule has 0 radical (unpaired) electrons. The summed E-state index contributed by atoms with van der Waals surface area (Å²) in [7, 11) is 0. The Balaban J connectivity index is 3.97. The van der Waals surface area contributed by atoms with Crippen molar-refractivity contribution < 1.29 is 17.9 Å². The molecule has 0 saturated heterocycles. The number of hydrogen-bond acceptors (Lipinski definition) is 0. The Hall–Kier alpha value is 0.714. The van der Waals surface area contributed by atoms with Gasteiger partial charge >= 0.3 is 244 Å². The summed E-state index contributed by atoms with van der Waals surface area (Å²) < 4.78 is 5.10. The summed E-state index contributed by atoms with van der Waals surface area (Å²) >= 11 is -0.826. The van der Waals surface area contributed by atoms with Crippen molar-refractivity contribution in [2.75, 3.05) is 0 Å². The van der Waals surface area contributed by atoms with E-state index in [4.69, 9.17) is 0 Å². The van der Waals surface area contributed by atoms with Crippen LogP contribution in [0.15, 0.2) is 0 Å². The molecule has 0 saturated carbocycles. The van der Waals surface area contributed by atoms with Gasteiger partial charge in [0.05, 0.1) is 0 Å². The second-order valence-electron chi connectivity index (χ2n) is 20.3. The first-order chi connectivity index (χ1) is 26.9. The zero-order valence-electron chi connectivity index (χ0n) is 40.1. The average Bonchev–Trinajstić information content (AvgIpc) is 3.15. The van der Waals surface area contributed by atoms with Gasteiger partial charge < -0.3 is 0 Å². The number of hydrogen-bond donors (Lipinski definition) is 0. The smallest absolute Gasteiger partial charge is 0.0628 e. The van der Waals surface area contributed by atoms with Gasteiger partial charge in [-0.15, -0.1) is 0 Å². The van der Waals surface area contributed by atoms with E-state index >= 15 is 0 Å². The molecule has 0 fully saturated rings. The SMILES string of the molecule is CC(C)CCCCCCCCCCCCCC[CH2][Ti]([CH2]CCCCCCCCCCCCCCC(C)C)[CH2]CCCCCCCCCCCCCCC(C)C. The predicted octanol–water partition coefficient (Wildman–Crippen LogP) is 21.2. The summed E-state index contributed by atoms with van der Waals surface area (Å²) in [6, 6.07) is 0. The van der Waals surface area contributed by atoms with Crippen molar-refractivity contribution in [3.8, 4) is 0 Å². The minimum atomic E-state index is -0.826. The molecule has 0 amide bonds. The van der Waals surface area contributed by atoms with Crippen LogP contribution in [0.5, 0.6) is 0 Å². The summed E-state index contributed by atoms with van der Waals surface area (Å²) in [5.41, 5.74) is 0. The third-order valence-corrected chi connectivity index (χ3v) is 17.9. The molecule has 0 N–H and O–H groups in total. The summed E-state index contributed by atoms with van der Waals surface area (Å²) in [4.78, 5) is 0. The van der Waals surface area contributed by atoms with E-state index in [0.29, 0.717) is 0 Å². The van der Waals surface area contributed by atoms with Crippen LogP contribution in [0.25, 0.3) is 0 Å². The molecule has 0 aliphatic rings. The van der Waals surface area contributed by atoms with Gasteiger partial charge in [-0.2, -0.15) is 0 Å². The Labute approximate surface area is 359 Å². The van der Waals surface area contributed by atoms with Crippen LogP contribution in [-0.4, -0.2) is 0 Å². The van der Waals surface area contributed by atoms with E-state index in [1.807, 2.05) is 0 Å². The van der Waals surface area contributed by atoms with Crippen LogP contribution < -0.4 is 0 Å². The number of rotatable bonds is 48. The minimum absolute atomic E-state index is 0.826. The van der Waals surface area contributed by atoms with E-state index < -0.39 is 17.9 Å². The van der Waals surface area contributed by atoms with E-state index in [0.717, 1.165) is 17.8 Å². The van der Waals surface area contributed by atoms with Gasteiger partial charge in [0.15, 0.2) is 0 Å². The molecule has 0 unspecified atom stereocenters. The molecular formula is C54H111Ti. The Bertz CT molecular complexity index is 576. The first-order valence-electron chi connectivity index (χ1n) is 26.7. The van der Waals surface area contributed by atoms with Gasteiger partial charge in [-0.05, 0) is 17.8 Å². The Morgan fingerprint density at radius 1 is 0.182 bits per heavy atom. The Kier molecular flexibility index (Phi) is 48.0. The van der Waals surface area contributed by atoms with Crippen molar-refractivity contribution >= 4 is 0 Å². The Morgan fingerprint density at radius 2 is 0.309 bits per heavy atom. The van der Waals surface area contributed by atoms with Crippen LogP contribution in [-0.2, 0) is 17.9 Å². The van der Waals surface area contributed by atoms with Crippen molar-refractivity contribution in [1.29, 1.82) is 0 Å². The molecule has 0 spiro atoms. The zero-order valence-corrected chi connectivity index (χ0v) is 41.6. The van der Waals surface area contributed by atoms with Crippen LogP contribution in [0.4, 0.5) is 0 Å². The summed E-state index contributed by atoms with van der Waals surface area (Å²) in [5.74, 6) is 2.68. The van der Waals surface area contributed by atoms with Gasteiger partial charge in [0.25, 0.3) is 0 Å². The molecule has 0 nitrogen and oxygen atoms in total. The summed E-state index contributed by atoms with van der Waals surface area (Å²) in [5, 5.41) is 0. The molecule has 0 aliphatic carbocycles. The van der Waals surface area contributed by atoms with Crippen molar-refractivity contribution in [2.45, 2.75) is 325 Å². The maximum atomic E-state index is 2.37. The van der Waals surface area contributed by atoms with Gasteiger partial charge in [-0.1, -0.05) is 99.3 Å². The average molecular weight is 808 g/mol. The molecule has 1 heteroatoms. The van der Waals surface area contributed by atoms with Crippen molar-refractivity contribution in [3.63, 3.8) is 0 Å². The standard InChI is InChI=1S/3C18H37.Ti/c3*1-4-5-6-7-8-9-10-11-12-13-14-15-16-17-18(2)3;/h3*18H,1,4-17H2,2-3H3;. The molecule has 0 heterocycles. The second kappa shape index (κ2) is 47.4. The van der Waals surface area contributed by atoms with Gasteiger partial charge in [0.1, 0.15) is 0 Å². The molecule has 0 aliphatic heterocycles. The third kappa shape index (κ3) is 50.8. The second-order valence-corrected chi connectivity index (χ2v) is 25.0. The molecule has 0 bridgehead atoms. The maximum absolute atomic E-state index is 2.37. The third-order valence-electron chi connectivity index (χ3n) is 12.9. The van der Waals surface area contributed by atoms with Crippen LogP contribution in [0, 0.1) is 17.8 Å². The van der Waals surface area contributed by atoms with E-state index in [-0.39, 0.29) is 0 Å². The van der Waals surface area contributed by atoms with E-state index in [1.54, 1.807) is 52.7 Å². The monoisotopic (exact) mass is 808 g/mol. The Morgan fingerprint density at radius 3 is 0.455 bits per heavy atom. The molecule has 0 aromatic heterocycles. The van der Waals surface area contributed by atoms with Crippen molar-refractivity contribution in [1.82, 2.24) is 0 Å². The van der Waals surface area contributed by atoms with E-state index in [9.17, 15) is 0 Å². The fourth-order valence-corrected chi connectivity index (χ4v) is 13.7. The molecule has 0 atom stereocenters. The normalized spacial score (nSPS) is 11.9. The van der Waals surface area contributed by atoms with E-state index in [1.165, 1.54) is 231 Å². The van der Waals surface area contributed by atoms with Crippen LogP contribution in [0.2, 0.25) is 14.2 Å². The molecule has 0 rings (SSSR count). The van der Waals surface area contributed by atoms with Gasteiger partial charge in [0, 0.05) is 0 Å². The fraction of sp³-hybridized carbons (Fsp3) is 1.00. The molecule has 0 aromatic rings. The zero-order chi connectivity index (χ0) is 40.1. The first kappa shape index (κ1) is 55.7. The quantitative estimate of drug-likeness (QED) is 0.0424. The molecule has 55 heavy (non-hydrogen) atoms. The van der Waals surface area contributed by atoms with Crippen molar-refractivity contribution in [2.24, 2.45) is 17.8 Å². The van der Waals surface area contributed by atoms with Crippen molar-refractivity contribution in [3.05, 3.63) is 0 Å². The van der Waals surface area contributed by atoms with Gasteiger partial charge in [-0.25, -0.2) is 0 Å². The topological polar surface area (TPSA) is 0 Å². The van der Waals surface area contributed by atoms with E-state index in [2.05, 4.69) is 41.5 Å². The fourth-order valence-electron chi connectivity index (χ4n) is 8.99. The van der Waals surface area contributed by atoms with Gasteiger partial charge in [0.2, 0.25) is 0 Å². The minimum Gasteiger partial charge on any atom is -0.0628 e. The van der Waals surface area contributed by atoms with Gasteiger partial charge in [-0.3, -0.25) is 0 Å². The molecule has 331 valence electrons. The summed E-state index contributed by atoms with van der Waals surface area (Å²) in [6.45, 7) is 14.2. The number of unbranched alkanes of at least 4 members (excludes halogenated alkanes) is 36. The van der Waals surface area contributed by atoms with Crippen LogP contribution in [0.1, 0.15) is 311 Å². The molecule has 0 aromatic carbocycles. The summed E-state index contributed by atoms with van der Waals surface area (Å²) in [6.07, 6.45) is 63.0. The predicted molar refractivity (Wildman–Crippen MR) is 253 cm³/mol. The van der Waals surface area contributed by atoms with Crippen LogP contribution in [0.3, 0.4) is 0 Å². The molecular weight excluding hydrogens is 696 g/mol. The first-order valence-corrected chi connectivity index (χ1v) is 30.1. The van der Waals surface area contributed by atoms with Crippen LogP contribution >= 0.6 is 0 Å².